The van der Waals surface area contributed by atoms with Crippen molar-refractivity contribution in [2.75, 3.05) is 11.9 Å². The van der Waals surface area contributed by atoms with Gasteiger partial charge in [0.1, 0.15) is 0 Å². The van der Waals surface area contributed by atoms with Gasteiger partial charge in [-0.25, -0.2) is 0 Å². The Morgan fingerprint density at radius 3 is 1.66 bits per heavy atom. The average molecular weight is 759 g/mol. The molecule has 0 radical (unpaired) electrons. The van der Waals surface area contributed by atoms with Crippen LogP contribution in [0.1, 0.15) is 112 Å². The first-order valence-electron chi connectivity index (χ1n) is 20.4. The number of rotatable bonds is 6. The first-order chi connectivity index (χ1) is 26.2. The molecule has 0 spiro atoms. The Kier molecular flexibility index (Phi) is 10.3. The molecule has 0 saturated carbocycles. The van der Waals surface area contributed by atoms with Crippen LogP contribution >= 0.6 is 11.8 Å². The van der Waals surface area contributed by atoms with Crippen molar-refractivity contribution in [1.29, 1.82) is 0 Å². The Balaban J connectivity index is 1.35. The smallest absolute Gasteiger partial charge is 0.0601 e. The molecular weight excluding hydrogens is 697 g/mol. The fourth-order valence-corrected chi connectivity index (χ4v) is 9.14. The van der Waals surface area contributed by atoms with E-state index in [0.29, 0.717) is 5.92 Å². The SMILES string of the molecule is CN(c1ccccc1Sc1ccccc1-n1c2ccc(C(C)(C)C)cc2c2cc(C(C)(C)C)ccc21)c1ccc(C(C)(C)C)cc1C1=CC=CC(C(C)(C)C)C1. The van der Waals surface area contributed by atoms with Gasteiger partial charge < -0.3 is 9.47 Å². The number of benzene rings is 5. The average Bonchev–Trinajstić information content (AvgIpc) is 3.46. The number of allylic oxidation sites excluding steroid dienone is 4. The molecule has 0 N–H and O–H groups in total. The largest absolute Gasteiger partial charge is 0.343 e. The summed E-state index contributed by atoms with van der Waals surface area (Å²) in [6.45, 7) is 27.9. The van der Waals surface area contributed by atoms with Gasteiger partial charge in [0.25, 0.3) is 0 Å². The summed E-state index contributed by atoms with van der Waals surface area (Å²) in [5.74, 6) is 0.485. The molecule has 0 saturated heterocycles. The third kappa shape index (κ3) is 7.77. The summed E-state index contributed by atoms with van der Waals surface area (Å²) in [6, 6.07) is 39.2. The van der Waals surface area contributed by atoms with E-state index >= 15 is 0 Å². The van der Waals surface area contributed by atoms with Gasteiger partial charge in [-0.3, -0.25) is 0 Å². The summed E-state index contributed by atoms with van der Waals surface area (Å²) >= 11 is 1.86. The van der Waals surface area contributed by atoms with Crippen molar-refractivity contribution in [2.45, 2.75) is 116 Å². The quantitative estimate of drug-likeness (QED) is 0.167. The van der Waals surface area contributed by atoms with Gasteiger partial charge in [-0.2, -0.15) is 0 Å². The molecule has 1 atom stereocenters. The third-order valence-electron chi connectivity index (χ3n) is 11.8. The Labute approximate surface area is 341 Å². The highest BCUT2D eigenvalue weighted by atomic mass is 32.2. The first kappa shape index (κ1) is 39.8. The standard InChI is InChI=1S/C53H62N2S/c1-50(2,3)36-20-18-19-35(31-36)40-32-37(51(4,5)6)25-28-43(40)54(13)46-21-14-16-23-48(46)56-49-24-17-15-22-47(49)55-44-29-26-38(52(7,8)9)33-41(44)42-34-39(53(10,11)12)27-30-45(42)55/h14-30,32-34,36H,31H2,1-13H3. The molecule has 0 amide bonds. The highest BCUT2D eigenvalue weighted by Gasteiger charge is 2.28. The molecule has 7 rings (SSSR count). The van der Waals surface area contributed by atoms with Crippen molar-refractivity contribution in [3.05, 3.63) is 144 Å². The van der Waals surface area contributed by atoms with Crippen LogP contribution in [0.4, 0.5) is 11.4 Å². The Bertz CT molecular complexity index is 2410. The van der Waals surface area contributed by atoms with E-state index < -0.39 is 0 Å². The number of anilines is 2. The second kappa shape index (κ2) is 14.5. The third-order valence-corrected chi connectivity index (χ3v) is 12.9. The van der Waals surface area contributed by atoms with Crippen LogP contribution in [0.2, 0.25) is 0 Å². The van der Waals surface area contributed by atoms with Crippen LogP contribution in [0.15, 0.2) is 131 Å². The van der Waals surface area contributed by atoms with Gasteiger partial charge >= 0.3 is 0 Å². The fourth-order valence-electron chi connectivity index (χ4n) is 8.04. The summed E-state index contributed by atoms with van der Waals surface area (Å²) in [7, 11) is 2.24. The van der Waals surface area contributed by atoms with E-state index in [-0.39, 0.29) is 21.7 Å². The number of aromatic nitrogens is 1. The number of hydrogen-bond donors (Lipinski definition) is 0. The highest BCUT2D eigenvalue weighted by molar-refractivity contribution is 7.99. The Morgan fingerprint density at radius 1 is 0.571 bits per heavy atom. The number of para-hydroxylation sites is 2. The molecule has 290 valence electrons. The highest BCUT2D eigenvalue weighted by Crippen LogP contribution is 2.46. The Morgan fingerprint density at radius 2 is 1.09 bits per heavy atom. The van der Waals surface area contributed by atoms with Crippen molar-refractivity contribution in [1.82, 2.24) is 4.57 Å². The molecule has 0 fully saturated rings. The lowest BCUT2D eigenvalue weighted by atomic mass is 9.73. The second-order valence-electron chi connectivity index (χ2n) is 20.1. The van der Waals surface area contributed by atoms with E-state index in [1.165, 1.54) is 76.5 Å². The molecule has 2 nitrogen and oxygen atoms in total. The minimum Gasteiger partial charge on any atom is -0.343 e. The molecule has 1 heterocycles. The predicted octanol–water partition coefficient (Wildman–Crippen LogP) is 15.6. The van der Waals surface area contributed by atoms with Gasteiger partial charge in [0.05, 0.1) is 22.4 Å². The summed E-state index contributed by atoms with van der Waals surface area (Å²) in [6.07, 6.45) is 8.06. The maximum atomic E-state index is 2.50. The summed E-state index contributed by atoms with van der Waals surface area (Å²) in [4.78, 5) is 4.87. The number of nitrogens with zero attached hydrogens (tertiary/aromatic N) is 2. The maximum Gasteiger partial charge on any atom is 0.0601 e. The topological polar surface area (TPSA) is 8.17 Å². The first-order valence-corrected chi connectivity index (χ1v) is 21.2. The lowest BCUT2D eigenvalue weighted by Gasteiger charge is -2.33. The lowest BCUT2D eigenvalue weighted by molar-refractivity contribution is 0.296. The zero-order valence-electron chi connectivity index (χ0n) is 36.1. The predicted molar refractivity (Wildman–Crippen MR) is 247 cm³/mol. The maximum absolute atomic E-state index is 2.50. The fraction of sp³-hybridized carbons (Fsp3) is 0.358. The summed E-state index contributed by atoms with van der Waals surface area (Å²) in [5, 5.41) is 2.62. The van der Waals surface area contributed by atoms with Crippen LogP contribution in [0.25, 0.3) is 33.1 Å². The van der Waals surface area contributed by atoms with Crippen LogP contribution in [0.5, 0.6) is 0 Å². The summed E-state index contributed by atoms with van der Waals surface area (Å²) in [5.41, 5.74) is 13.3. The molecular formula is C53H62N2S. The lowest BCUT2D eigenvalue weighted by Crippen LogP contribution is -2.21. The minimum atomic E-state index is 0.0489. The monoisotopic (exact) mass is 758 g/mol. The van der Waals surface area contributed by atoms with Crippen molar-refractivity contribution in [2.24, 2.45) is 11.3 Å². The van der Waals surface area contributed by atoms with Gasteiger partial charge in [-0.15, -0.1) is 0 Å². The van der Waals surface area contributed by atoms with Gasteiger partial charge in [-0.1, -0.05) is 156 Å². The van der Waals surface area contributed by atoms with Crippen LogP contribution in [-0.2, 0) is 16.2 Å². The Hall–Kier alpha value is -4.47. The molecule has 56 heavy (non-hydrogen) atoms. The van der Waals surface area contributed by atoms with E-state index in [0.717, 1.165) is 6.42 Å². The molecule has 5 aromatic carbocycles. The molecule has 3 heteroatoms. The van der Waals surface area contributed by atoms with Crippen molar-refractivity contribution >= 4 is 50.5 Å². The molecule has 0 aliphatic heterocycles. The normalized spacial score (nSPS) is 15.4. The number of hydrogen-bond acceptors (Lipinski definition) is 2. The van der Waals surface area contributed by atoms with Gasteiger partial charge in [-0.05, 0) is 117 Å². The van der Waals surface area contributed by atoms with Gasteiger partial charge in [0, 0.05) is 38.9 Å². The van der Waals surface area contributed by atoms with E-state index in [1.807, 2.05) is 11.8 Å². The van der Waals surface area contributed by atoms with Crippen LogP contribution in [-0.4, -0.2) is 11.6 Å². The van der Waals surface area contributed by atoms with E-state index in [9.17, 15) is 0 Å². The second-order valence-corrected chi connectivity index (χ2v) is 21.2. The summed E-state index contributed by atoms with van der Waals surface area (Å²) < 4.78 is 2.50. The van der Waals surface area contributed by atoms with Crippen molar-refractivity contribution < 1.29 is 0 Å². The van der Waals surface area contributed by atoms with Crippen molar-refractivity contribution in [3.8, 4) is 5.69 Å². The molecule has 6 aromatic rings. The van der Waals surface area contributed by atoms with Gasteiger partial charge in [0.2, 0.25) is 0 Å². The molecule has 0 bridgehead atoms. The molecule has 1 aromatic heterocycles. The van der Waals surface area contributed by atoms with Crippen LogP contribution in [0.3, 0.4) is 0 Å². The van der Waals surface area contributed by atoms with Crippen LogP contribution < -0.4 is 4.90 Å². The van der Waals surface area contributed by atoms with E-state index in [1.54, 1.807) is 0 Å². The zero-order valence-corrected chi connectivity index (χ0v) is 37.0. The zero-order chi connectivity index (χ0) is 40.4. The molecule has 1 unspecified atom stereocenters. The van der Waals surface area contributed by atoms with Gasteiger partial charge in [0.15, 0.2) is 0 Å². The van der Waals surface area contributed by atoms with E-state index in [2.05, 4.69) is 221 Å². The minimum absolute atomic E-state index is 0.0489. The number of fused-ring (bicyclic) bond motifs is 3. The van der Waals surface area contributed by atoms with E-state index in [4.69, 9.17) is 0 Å². The molecule has 1 aliphatic carbocycles. The van der Waals surface area contributed by atoms with Crippen LogP contribution in [0, 0.1) is 11.3 Å². The van der Waals surface area contributed by atoms with Crippen molar-refractivity contribution in [3.63, 3.8) is 0 Å². The molecule has 1 aliphatic rings.